The molecule has 4 rings (SSSR count). The average molecular weight is 414 g/mol. The van der Waals surface area contributed by atoms with E-state index in [0.717, 1.165) is 22.3 Å². The molecule has 2 heterocycles. The van der Waals surface area contributed by atoms with Crippen molar-refractivity contribution in [2.75, 3.05) is 0 Å². The van der Waals surface area contributed by atoms with E-state index in [1.54, 1.807) is 12.3 Å². The highest BCUT2D eigenvalue weighted by Gasteiger charge is 2.13. The second kappa shape index (κ2) is 8.79. The van der Waals surface area contributed by atoms with Gasteiger partial charge in [-0.3, -0.25) is 9.59 Å². The van der Waals surface area contributed by atoms with Crippen molar-refractivity contribution in [1.82, 2.24) is 20.0 Å². The summed E-state index contributed by atoms with van der Waals surface area (Å²) in [7, 11) is 0. The van der Waals surface area contributed by atoms with Crippen molar-refractivity contribution in [3.05, 3.63) is 93.9 Å². The van der Waals surface area contributed by atoms with E-state index < -0.39 is 0 Å². The maximum atomic E-state index is 12.3. The molecule has 0 unspecified atom stereocenters. The van der Waals surface area contributed by atoms with Gasteiger partial charge in [0.2, 0.25) is 11.7 Å². The molecular formula is C24H22N4O3. The van der Waals surface area contributed by atoms with E-state index >= 15 is 0 Å². The molecule has 156 valence electrons. The molecule has 4 aromatic rings. The van der Waals surface area contributed by atoms with Gasteiger partial charge in [0.25, 0.3) is 11.4 Å². The molecule has 1 N–H and O–H groups in total. The van der Waals surface area contributed by atoms with Crippen LogP contribution in [0.1, 0.15) is 16.7 Å². The van der Waals surface area contributed by atoms with Crippen LogP contribution in [0.15, 0.2) is 76.2 Å². The van der Waals surface area contributed by atoms with Crippen molar-refractivity contribution in [2.45, 2.75) is 26.9 Å². The molecule has 0 bridgehead atoms. The van der Waals surface area contributed by atoms with Crippen molar-refractivity contribution >= 4 is 5.91 Å². The molecule has 2 aromatic carbocycles. The van der Waals surface area contributed by atoms with Gasteiger partial charge < -0.3 is 14.4 Å². The lowest BCUT2D eigenvalue weighted by molar-refractivity contribution is -0.121. The largest absolute Gasteiger partial charge is 0.350 e. The van der Waals surface area contributed by atoms with Gasteiger partial charge in [0, 0.05) is 24.4 Å². The number of carbonyl (C=O) groups excluding carboxylic acids is 1. The van der Waals surface area contributed by atoms with Crippen LogP contribution in [0.5, 0.6) is 0 Å². The average Bonchev–Trinajstić information content (AvgIpc) is 3.26. The Balaban J connectivity index is 1.47. The highest BCUT2D eigenvalue weighted by Crippen LogP contribution is 2.21. The first kappa shape index (κ1) is 20.3. The zero-order valence-electron chi connectivity index (χ0n) is 17.3. The van der Waals surface area contributed by atoms with Gasteiger partial charge in [-0.15, -0.1) is 0 Å². The normalized spacial score (nSPS) is 10.8. The molecule has 0 radical (unpaired) electrons. The van der Waals surface area contributed by atoms with E-state index in [2.05, 4.69) is 15.5 Å². The van der Waals surface area contributed by atoms with E-state index in [1.165, 1.54) is 10.6 Å². The minimum atomic E-state index is -0.285. The van der Waals surface area contributed by atoms with Crippen LogP contribution >= 0.6 is 0 Å². The van der Waals surface area contributed by atoms with Gasteiger partial charge in [-0.2, -0.15) is 4.98 Å². The third kappa shape index (κ3) is 4.95. The highest BCUT2D eigenvalue weighted by atomic mass is 16.5. The summed E-state index contributed by atoms with van der Waals surface area (Å²) in [5.41, 5.74) is 4.41. The monoisotopic (exact) mass is 414 g/mol. The van der Waals surface area contributed by atoms with E-state index in [0.29, 0.717) is 17.9 Å². The second-order valence-electron chi connectivity index (χ2n) is 7.44. The number of amides is 1. The molecule has 0 aliphatic carbocycles. The standard InChI is InChI=1S/C24H22N4O3/c1-16-3-7-18(8-4-16)13-25-21(29)15-28-14-20(11-12-22(28)30)24-26-23(27-31-24)19-9-5-17(2)6-10-19/h3-12,14H,13,15H2,1-2H3,(H,25,29). The van der Waals surface area contributed by atoms with Crippen LogP contribution in [0.2, 0.25) is 0 Å². The van der Waals surface area contributed by atoms with Crippen LogP contribution in [0, 0.1) is 13.8 Å². The second-order valence-corrected chi connectivity index (χ2v) is 7.44. The third-order valence-electron chi connectivity index (χ3n) is 4.89. The Morgan fingerprint density at radius 3 is 2.29 bits per heavy atom. The smallest absolute Gasteiger partial charge is 0.259 e. The Hall–Kier alpha value is -4.00. The number of nitrogens with zero attached hydrogens (tertiary/aromatic N) is 3. The van der Waals surface area contributed by atoms with Crippen molar-refractivity contribution in [1.29, 1.82) is 0 Å². The van der Waals surface area contributed by atoms with Crippen molar-refractivity contribution in [3.63, 3.8) is 0 Å². The Labute approximate surface area is 179 Å². The molecular weight excluding hydrogens is 392 g/mol. The summed E-state index contributed by atoms with van der Waals surface area (Å²) in [6.07, 6.45) is 1.56. The van der Waals surface area contributed by atoms with Gasteiger partial charge in [0.15, 0.2) is 0 Å². The molecule has 7 nitrogen and oxygen atoms in total. The van der Waals surface area contributed by atoms with E-state index in [9.17, 15) is 9.59 Å². The molecule has 0 aliphatic heterocycles. The summed E-state index contributed by atoms with van der Waals surface area (Å²) in [6.45, 7) is 4.31. The fourth-order valence-corrected chi connectivity index (χ4v) is 3.06. The number of benzene rings is 2. The Kier molecular flexibility index (Phi) is 5.75. The van der Waals surface area contributed by atoms with Crippen LogP contribution in [-0.4, -0.2) is 20.6 Å². The van der Waals surface area contributed by atoms with Gasteiger partial charge in [0.1, 0.15) is 6.54 Å². The van der Waals surface area contributed by atoms with Crippen LogP contribution in [0.25, 0.3) is 22.8 Å². The molecule has 0 spiro atoms. The SMILES string of the molecule is Cc1ccc(CNC(=O)Cn2cc(-c3nc(-c4ccc(C)cc4)no3)ccc2=O)cc1. The maximum Gasteiger partial charge on any atom is 0.259 e. The van der Waals surface area contributed by atoms with E-state index in [-0.39, 0.29) is 23.9 Å². The fraction of sp³-hybridized carbons (Fsp3) is 0.167. The van der Waals surface area contributed by atoms with E-state index in [4.69, 9.17) is 4.52 Å². The number of rotatable bonds is 6. The molecule has 1 amide bonds. The van der Waals surface area contributed by atoms with Crippen LogP contribution in [0.4, 0.5) is 0 Å². The zero-order valence-corrected chi connectivity index (χ0v) is 17.3. The molecule has 0 saturated carbocycles. The van der Waals surface area contributed by atoms with Crippen LogP contribution in [0.3, 0.4) is 0 Å². The summed E-state index contributed by atoms with van der Waals surface area (Å²) >= 11 is 0. The molecule has 0 atom stereocenters. The highest BCUT2D eigenvalue weighted by molar-refractivity contribution is 5.75. The van der Waals surface area contributed by atoms with Gasteiger partial charge in [-0.25, -0.2) is 0 Å². The zero-order chi connectivity index (χ0) is 21.8. The van der Waals surface area contributed by atoms with Gasteiger partial charge in [0.05, 0.1) is 5.56 Å². The Morgan fingerprint density at radius 1 is 0.935 bits per heavy atom. The molecule has 0 fully saturated rings. The summed E-state index contributed by atoms with van der Waals surface area (Å²) in [4.78, 5) is 29.0. The number of aryl methyl sites for hydroxylation is 2. The van der Waals surface area contributed by atoms with Gasteiger partial charge >= 0.3 is 0 Å². The first-order chi connectivity index (χ1) is 15.0. The third-order valence-corrected chi connectivity index (χ3v) is 4.89. The molecule has 0 aliphatic rings. The van der Waals surface area contributed by atoms with Crippen molar-refractivity contribution < 1.29 is 9.32 Å². The first-order valence-electron chi connectivity index (χ1n) is 9.92. The molecule has 0 saturated heterocycles. The Morgan fingerprint density at radius 2 is 1.58 bits per heavy atom. The number of aromatic nitrogens is 3. The summed E-state index contributed by atoms with van der Waals surface area (Å²) in [5, 5.41) is 6.86. The lowest BCUT2D eigenvalue weighted by Gasteiger charge is -2.08. The van der Waals surface area contributed by atoms with Crippen LogP contribution in [-0.2, 0) is 17.9 Å². The summed E-state index contributed by atoms with van der Waals surface area (Å²) < 4.78 is 6.70. The first-order valence-corrected chi connectivity index (χ1v) is 9.92. The number of nitrogens with one attached hydrogen (secondary N) is 1. The van der Waals surface area contributed by atoms with E-state index in [1.807, 2.05) is 62.4 Å². The summed E-state index contributed by atoms with van der Waals surface area (Å²) in [5.74, 6) is 0.485. The quantitative estimate of drug-likeness (QED) is 0.522. The minimum absolute atomic E-state index is 0.0997. The molecule has 31 heavy (non-hydrogen) atoms. The predicted octanol–water partition coefficient (Wildman–Crippen LogP) is 3.50. The van der Waals surface area contributed by atoms with Crippen molar-refractivity contribution in [3.8, 4) is 22.8 Å². The number of hydrogen-bond acceptors (Lipinski definition) is 5. The van der Waals surface area contributed by atoms with Gasteiger partial charge in [-0.05, 0) is 25.5 Å². The lowest BCUT2D eigenvalue weighted by Crippen LogP contribution is -2.31. The van der Waals surface area contributed by atoms with Gasteiger partial charge in [-0.1, -0.05) is 64.8 Å². The Bertz CT molecular complexity index is 1260. The minimum Gasteiger partial charge on any atom is -0.350 e. The molecule has 2 aromatic heterocycles. The molecule has 7 heteroatoms. The summed E-state index contributed by atoms with van der Waals surface area (Å²) in [6, 6.07) is 18.7. The number of hydrogen-bond donors (Lipinski definition) is 1. The number of carbonyl (C=O) groups is 1. The topological polar surface area (TPSA) is 90.0 Å². The van der Waals surface area contributed by atoms with Crippen LogP contribution < -0.4 is 10.9 Å². The number of pyridine rings is 1. The maximum absolute atomic E-state index is 12.3. The predicted molar refractivity (Wildman–Crippen MR) is 117 cm³/mol. The lowest BCUT2D eigenvalue weighted by atomic mass is 10.1. The fourth-order valence-electron chi connectivity index (χ4n) is 3.06. The van der Waals surface area contributed by atoms with Crippen molar-refractivity contribution in [2.24, 2.45) is 0 Å².